The Hall–Kier alpha value is -2.82. The van der Waals surface area contributed by atoms with E-state index in [1.54, 1.807) is 16.8 Å². The van der Waals surface area contributed by atoms with Crippen molar-refractivity contribution < 1.29 is 29.6 Å². The van der Waals surface area contributed by atoms with Gasteiger partial charge < -0.3 is 25.8 Å². The first kappa shape index (κ1) is 32.6. The highest BCUT2D eigenvalue weighted by Crippen LogP contribution is 2.75. The molecule has 4 saturated carbocycles. The number of carboxylic acids is 1. The molecule has 0 aliphatic heterocycles. The Labute approximate surface area is 260 Å². The molecule has 10 nitrogen and oxygen atoms in total. The third-order valence-corrected chi connectivity index (χ3v) is 12.5. The fraction of sp³-hybridized carbons (Fsp3) is 0.706. The Kier molecular flexibility index (Phi) is 8.30. The minimum absolute atomic E-state index is 0.00113. The Morgan fingerprint density at radius 2 is 1.82 bits per heavy atom. The standard InChI is InChI=1S/C34H50N4O6/c1-19(2)9-8-10-22(30(42)43)28-23-15-24(40)29-31(4)13-12-27(41)34(7,38-18-21(17-35)36-37-38)26(31)11-14-32(29,5)33(23,6)16-25(28)44-20(3)39/h8-10,18,23-27,29,40-41H,11-17,35H2,1-7H3,(H,42,43)/b10-8-,28-22-/t23-,24+,25-,26+,27+,29-,31-,32-,33-,34+/m0/s1. The van der Waals surface area contributed by atoms with Crippen LogP contribution < -0.4 is 5.73 Å². The smallest absolute Gasteiger partial charge is 0.335 e. The van der Waals surface area contributed by atoms with Crippen LogP contribution in [0.5, 0.6) is 0 Å². The molecule has 1 aromatic rings. The van der Waals surface area contributed by atoms with Crippen molar-refractivity contribution in [2.45, 2.75) is 117 Å². The van der Waals surface area contributed by atoms with E-state index in [0.717, 1.165) is 24.8 Å². The van der Waals surface area contributed by atoms with E-state index in [0.29, 0.717) is 30.5 Å². The quantitative estimate of drug-likeness (QED) is 0.209. The summed E-state index contributed by atoms with van der Waals surface area (Å²) in [6.45, 7) is 14.3. The predicted molar refractivity (Wildman–Crippen MR) is 165 cm³/mol. The van der Waals surface area contributed by atoms with Gasteiger partial charge in [-0.1, -0.05) is 43.7 Å². The second kappa shape index (κ2) is 11.2. The van der Waals surface area contributed by atoms with Gasteiger partial charge in [-0.25, -0.2) is 9.48 Å². The molecule has 0 bridgehead atoms. The van der Waals surface area contributed by atoms with Crippen molar-refractivity contribution in [1.82, 2.24) is 15.0 Å². The summed E-state index contributed by atoms with van der Waals surface area (Å²) in [6.07, 6.45) is 8.69. The Bertz CT molecular complexity index is 1410. The number of nitrogens with two attached hydrogens (primary N) is 1. The number of hydrogen-bond acceptors (Lipinski definition) is 8. The number of aromatic nitrogens is 3. The van der Waals surface area contributed by atoms with Gasteiger partial charge in [0.1, 0.15) is 6.10 Å². The molecule has 5 N–H and O–H groups in total. The van der Waals surface area contributed by atoms with Crippen LogP contribution in [0, 0.1) is 34.0 Å². The number of hydrogen-bond donors (Lipinski definition) is 4. The molecule has 4 aliphatic rings. The van der Waals surface area contributed by atoms with E-state index in [9.17, 15) is 24.9 Å². The molecule has 4 fully saturated rings. The summed E-state index contributed by atoms with van der Waals surface area (Å²) >= 11 is 0. The number of fused-ring (bicyclic) bond motifs is 5. The summed E-state index contributed by atoms with van der Waals surface area (Å²) in [7, 11) is 0. The van der Waals surface area contributed by atoms with Crippen molar-refractivity contribution in [2.24, 2.45) is 39.7 Å². The summed E-state index contributed by atoms with van der Waals surface area (Å²) in [6, 6.07) is 0. The maximum Gasteiger partial charge on any atom is 0.335 e. The van der Waals surface area contributed by atoms with Gasteiger partial charge in [0.25, 0.3) is 0 Å². The first-order valence-corrected chi connectivity index (χ1v) is 16.0. The number of nitrogens with zero attached hydrogens (tertiary/aromatic N) is 3. The van der Waals surface area contributed by atoms with E-state index in [4.69, 9.17) is 10.5 Å². The Morgan fingerprint density at radius 3 is 2.41 bits per heavy atom. The van der Waals surface area contributed by atoms with Crippen LogP contribution in [0.15, 0.2) is 41.1 Å². The fourth-order valence-electron chi connectivity index (χ4n) is 10.5. The maximum absolute atomic E-state index is 12.7. The third kappa shape index (κ3) is 4.70. The summed E-state index contributed by atoms with van der Waals surface area (Å²) < 4.78 is 7.70. The van der Waals surface area contributed by atoms with Crippen LogP contribution in [0.2, 0.25) is 0 Å². The Balaban J connectivity index is 1.63. The van der Waals surface area contributed by atoms with E-state index in [2.05, 4.69) is 38.0 Å². The zero-order valence-corrected chi connectivity index (χ0v) is 27.2. The lowest BCUT2D eigenvalue weighted by atomic mass is 9.35. The van der Waals surface area contributed by atoms with Crippen LogP contribution in [0.3, 0.4) is 0 Å². The van der Waals surface area contributed by atoms with Crippen LogP contribution in [0.25, 0.3) is 0 Å². The van der Waals surface area contributed by atoms with Crippen molar-refractivity contribution in [2.75, 3.05) is 0 Å². The van der Waals surface area contributed by atoms with Gasteiger partial charge in [-0.2, -0.15) is 0 Å². The van der Waals surface area contributed by atoms with Gasteiger partial charge in [0.05, 0.1) is 35.2 Å². The molecule has 1 heterocycles. The summed E-state index contributed by atoms with van der Waals surface area (Å²) in [5.41, 5.74) is 6.34. The molecule has 0 aromatic carbocycles. The molecule has 1 aromatic heterocycles. The molecule has 242 valence electrons. The van der Waals surface area contributed by atoms with Crippen molar-refractivity contribution in [3.8, 4) is 0 Å². The number of aliphatic hydroxyl groups is 2. The van der Waals surface area contributed by atoms with Crippen molar-refractivity contribution in [3.05, 3.63) is 46.8 Å². The normalized spacial score (nSPS) is 42.7. The fourth-order valence-corrected chi connectivity index (χ4v) is 10.5. The van der Waals surface area contributed by atoms with Gasteiger partial charge in [0.15, 0.2) is 0 Å². The minimum Gasteiger partial charge on any atom is -0.478 e. The monoisotopic (exact) mass is 610 g/mol. The number of aliphatic carboxylic acids is 1. The van der Waals surface area contributed by atoms with Gasteiger partial charge in [-0.15, -0.1) is 5.10 Å². The molecule has 0 spiro atoms. The highest BCUT2D eigenvalue weighted by atomic mass is 16.5. The van der Waals surface area contributed by atoms with Gasteiger partial charge in [0, 0.05) is 13.5 Å². The number of carbonyl (C=O) groups is 2. The number of carbonyl (C=O) groups excluding carboxylic acids is 1. The molecule has 4 aliphatic carbocycles. The zero-order valence-electron chi connectivity index (χ0n) is 27.2. The molecular formula is C34H50N4O6. The van der Waals surface area contributed by atoms with Crippen LogP contribution in [0.1, 0.15) is 92.7 Å². The molecule has 5 rings (SSSR count). The molecule has 0 unspecified atom stereocenters. The molecule has 10 atom stereocenters. The number of rotatable bonds is 6. The highest BCUT2D eigenvalue weighted by Gasteiger charge is 2.72. The lowest BCUT2D eigenvalue weighted by Gasteiger charge is -2.70. The minimum atomic E-state index is -1.07. The lowest BCUT2D eigenvalue weighted by Crippen LogP contribution is -2.69. The molecule has 10 heteroatoms. The van der Waals surface area contributed by atoms with Crippen LogP contribution in [-0.2, 0) is 26.4 Å². The highest BCUT2D eigenvalue weighted by molar-refractivity contribution is 5.91. The van der Waals surface area contributed by atoms with Gasteiger partial charge >= 0.3 is 11.9 Å². The second-order valence-corrected chi connectivity index (χ2v) is 15.0. The molecule has 0 radical (unpaired) electrons. The number of carboxylic acid groups (broad SMARTS) is 1. The van der Waals surface area contributed by atoms with Gasteiger partial charge in [-0.3, -0.25) is 4.79 Å². The molecule has 0 amide bonds. The molecular weight excluding hydrogens is 560 g/mol. The van der Waals surface area contributed by atoms with Gasteiger partial charge in [-0.05, 0) is 105 Å². The maximum atomic E-state index is 12.7. The third-order valence-electron chi connectivity index (χ3n) is 12.5. The van der Waals surface area contributed by atoms with E-state index >= 15 is 0 Å². The first-order valence-electron chi connectivity index (χ1n) is 16.0. The summed E-state index contributed by atoms with van der Waals surface area (Å²) in [4.78, 5) is 25.1. The van der Waals surface area contributed by atoms with Crippen molar-refractivity contribution in [1.29, 1.82) is 0 Å². The average molecular weight is 611 g/mol. The zero-order chi connectivity index (χ0) is 32.4. The SMILES string of the molecule is CC(=O)O[C@H]1C[C@@]2(C)[C@@H](C[C@@H](O)[C@H]3[C@@]4(C)CC[C@@H](O)[C@](C)(n5cc(CN)nn5)[C@@H]4CC[C@@]32C)/C1=C(\C=C/C=C(C)C)C(=O)O. The number of ether oxygens (including phenoxy) is 1. The van der Waals surface area contributed by atoms with Gasteiger partial charge in [0.2, 0.25) is 0 Å². The topological polar surface area (TPSA) is 161 Å². The first-order chi connectivity index (χ1) is 20.5. The van der Waals surface area contributed by atoms with Crippen molar-refractivity contribution >= 4 is 11.9 Å². The lowest BCUT2D eigenvalue weighted by molar-refractivity contribution is -0.249. The van der Waals surface area contributed by atoms with Crippen LogP contribution in [-0.4, -0.2) is 60.6 Å². The Morgan fingerprint density at radius 1 is 1.11 bits per heavy atom. The van der Waals surface area contributed by atoms with E-state index < -0.39 is 46.6 Å². The summed E-state index contributed by atoms with van der Waals surface area (Å²) in [5, 5.41) is 42.8. The van der Waals surface area contributed by atoms with E-state index in [1.165, 1.54) is 6.92 Å². The molecule has 0 saturated heterocycles. The van der Waals surface area contributed by atoms with E-state index in [1.807, 2.05) is 26.1 Å². The summed E-state index contributed by atoms with van der Waals surface area (Å²) in [5.74, 6) is -1.94. The largest absolute Gasteiger partial charge is 0.478 e. The van der Waals surface area contributed by atoms with Crippen LogP contribution >= 0.6 is 0 Å². The van der Waals surface area contributed by atoms with Crippen molar-refractivity contribution in [3.63, 3.8) is 0 Å². The average Bonchev–Trinajstić information content (AvgIpc) is 3.52. The number of aliphatic hydroxyl groups excluding tert-OH is 2. The predicted octanol–water partition coefficient (Wildman–Crippen LogP) is 4.27. The van der Waals surface area contributed by atoms with Crippen LogP contribution in [0.4, 0.5) is 0 Å². The number of esters is 1. The van der Waals surface area contributed by atoms with E-state index in [-0.39, 0.29) is 35.3 Å². The number of allylic oxidation sites excluding steroid dienone is 3. The second-order valence-electron chi connectivity index (χ2n) is 15.0. The molecule has 44 heavy (non-hydrogen) atoms.